The number of benzene rings is 1. The summed E-state index contributed by atoms with van der Waals surface area (Å²) in [5.41, 5.74) is 1.39. The topological polar surface area (TPSA) is 16.8 Å². The predicted octanol–water partition coefficient (Wildman–Crippen LogP) is 3.30. The van der Waals surface area contributed by atoms with Crippen LogP contribution in [0.1, 0.15) is 89.5 Å². The number of rotatable bonds is 16. The molecule has 1 aromatic carbocycles. The van der Waals surface area contributed by atoms with Crippen molar-refractivity contribution in [2.24, 2.45) is 4.99 Å². The van der Waals surface area contributed by atoms with Crippen LogP contribution in [-0.2, 0) is 6.54 Å². The molecular formula is C27H43ClN2. The molecule has 1 aliphatic rings. The molecule has 0 radical (unpaired) electrons. The highest BCUT2D eigenvalue weighted by Gasteiger charge is 2.20. The minimum absolute atomic E-state index is 0. The van der Waals surface area contributed by atoms with Gasteiger partial charge < -0.3 is 12.4 Å². The normalized spacial score (nSPS) is 16.3. The fourth-order valence-electron chi connectivity index (χ4n) is 3.99. The maximum Gasteiger partial charge on any atom is 0.221 e. The summed E-state index contributed by atoms with van der Waals surface area (Å²) in [6.45, 7) is 5.38. The number of unbranched alkanes of at least 4 members (excludes halogenated alkanes) is 11. The highest BCUT2D eigenvalue weighted by atomic mass is 35.5. The van der Waals surface area contributed by atoms with E-state index >= 15 is 0 Å². The molecule has 30 heavy (non-hydrogen) atoms. The molecule has 0 bridgehead atoms. The first-order chi connectivity index (χ1) is 14.4. The lowest BCUT2D eigenvalue weighted by atomic mass is 10.1. The molecule has 0 amide bonds. The van der Waals surface area contributed by atoms with Crippen LogP contribution in [0.2, 0.25) is 0 Å². The Balaban J connectivity index is 0.00000450. The first kappa shape index (κ1) is 26.7. The number of halogens is 1. The molecule has 1 N–H and O–H groups in total. The Kier molecular flexibility index (Phi) is 16.3. The second-order valence-corrected chi connectivity index (χ2v) is 8.39. The van der Waals surface area contributed by atoms with E-state index in [0.29, 0.717) is 0 Å². The van der Waals surface area contributed by atoms with Gasteiger partial charge in [0, 0.05) is 11.6 Å². The fourth-order valence-corrected chi connectivity index (χ4v) is 3.99. The summed E-state index contributed by atoms with van der Waals surface area (Å²) in [7, 11) is 0. The molecule has 0 aromatic heterocycles. The first-order valence-electron chi connectivity index (χ1n) is 12.2. The summed E-state index contributed by atoms with van der Waals surface area (Å²) >= 11 is 0. The summed E-state index contributed by atoms with van der Waals surface area (Å²) < 4.78 is 0. The van der Waals surface area contributed by atoms with Gasteiger partial charge in [-0.25, -0.2) is 4.99 Å². The van der Waals surface area contributed by atoms with Crippen molar-refractivity contribution in [3.05, 3.63) is 60.2 Å². The van der Waals surface area contributed by atoms with E-state index in [1.54, 1.807) is 0 Å². The third kappa shape index (κ3) is 12.3. The highest BCUT2D eigenvalue weighted by Crippen LogP contribution is 2.12. The maximum absolute atomic E-state index is 4.68. The van der Waals surface area contributed by atoms with E-state index in [2.05, 4.69) is 66.6 Å². The monoisotopic (exact) mass is 430 g/mol. The van der Waals surface area contributed by atoms with Gasteiger partial charge in [0.1, 0.15) is 13.1 Å². The standard InChI is InChI=1S/C27H42N2.ClH/c1-2-3-4-5-6-7-8-9-10-11-12-13-14-15-19-22-27-28-23-24-29(27)25-26-20-17-16-18-21-26;/h14-22H,2-13,23-25H2,1H3;1H/b15-14+,22-19+;. The van der Waals surface area contributed by atoms with E-state index in [1.165, 1.54) is 93.3 Å². The zero-order valence-electron chi connectivity index (χ0n) is 19.1. The van der Waals surface area contributed by atoms with Crippen molar-refractivity contribution < 1.29 is 17.3 Å². The van der Waals surface area contributed by atoms with Crippen molar-refractivity contribution in [2.45, 2.75) is 90.5 Å². The van der Waals surface area contributed by atoms with Gasteiger partial charge in [0.05, 0.1) is 6.54 Å². The minimum atomic E-state index is 0. The molecule has 1 aromatic rings. The van der Waals surface area contributed by atoms with Crippen LogP contribution in [0.15, 0.2) is 59.6 Å². The van der Waals surface area contributed by atoms with Crippen LogP contribution in [0, 0.1) is 0 Å². The van der Waals surface area contributed by atoms with Crippen LogP contribution in [-0.4, -0.2) is 18.9 Å². The van der Waals surface area contributed by atoms with Crippen molar-refractivity contribution in [1.29, 1.82) is 0 Å². The third-order valence-electron chi connectivity index (χ3n) is 5.79. The van der Waals surface area contributed by atoms with Crippen molar-refractivity contribution >= 4 is 5.84 Å². The Hall–Kier alpha value is -1.38. The van der Waals surface area contributed by atoms with Gasteiger partial charge in [0.15, 0.2) is 0 Å². The van der Waals surface area contributed by atoms with E-state index in [9.17, 15) is 0 Å². The Morgan fingerprint density at radius 3 is 2.13 bits per heavy atom. The van der Waals surface area contributed by atoms with Crippen LogP contribution in [0.25, 0.3) is 0 Å². The number of nitrogens with zero attached hydrogens (tertiary/aromatic N) is 1. The number of nitrogens with one attached hydrogen (secondary N) is 1. The molecule has 2 nitrogen and oxygen atoms in total. The number of hydrogen-bond acceptors (Lipinski definition) is 1. The van der Waals surface area contributed by atoms with Gasteiger partial charge in [-0.05, 0) is 12.8 Å². The number of quaternary nitrogens is 1. The summed E-state index contributed by atoms with van der Waals surface area (Å²) in [6, 6.07) is 10.7. The van der Waals surface area contributed by atoms with E-state index in [4.69, 9.17) is 0 Å². The number of amidine groups is 1. The first-order valence-corrected chi connectivity index (χ1v) is 12.2. The van der Waals surface area contributed by atoms with Gasteiger partial charge in [-0.15, -0.1) is 0 Å². The fraction of sp³-hybridized carbons (Fsp3) is 0.593. The second-order valence-electron chi connectivity index (χ2n) is 8.39. The average Bonchev–Trinajstić information content (AvgIpc) is 3.18. The molecule has 0 saturated heterocycles. The van der Waals surface area contributed by atoms with Gasteiger partial charge in [-0.2, -0.15) is 0 Å². The van der Waals surface area contributed by atoms with E-state index in [1.807, 2.05) is 0 Å². The molecule has 1 atom stereocenters. The van der Waals surface area contributed by atoms with Crippen LogP contribution in [0.5, 0.6) is 0 Å². The third-order valence-corrected chi connectivity index (χ3v) is 5.79. The predicted molar refractivity (Wildman–Crippen MR) is 128 cm³/mol. The number of allylic oxidation sites excluding steroid dienone is 3. The van der Waals surface area contributed by atoms with Gasteiger partial charge in [0.2, 0.25) is 5.84 Å². The molecule has 1 unspecified atom stereocenters. The summed E-state index contributed by atoms with van der Waals surface area (Å²) in [4.78, 5) is 6.15. The zero-order chi connectivity index (χ0) is 20.4. The largest absolute Gasteiger partial charge is 1.00 e. The van der Waals surface area contributed by atoms with Crippen LogP contribution >= 0.6 is 0 Å². The Bertz CT molecular complexity index is 607. The lowest BCUT2D eigenvalue weighted by molar-refractivity contribution is -0.812. The second kappa shape index (κ2) is 18.4. The number of hydrogen-bond donors (Lipinski definition) is 1. The van der Waals surface area contributed by atoms with Crippen molar-refractivity contribution in [3.8, 4) is 0 Å². The molecule has 2 rings (SSSR count). The smallest absolute Gasteiger partial charge is 0.221 e. The molecule has 168 valence electrons. The molecule has 1 heterocycles. The van der Waals surface area contributed by atoms with Gasteiger partial charge in [0.25, 0.3) is 0 Å². The summed E-state index contributed by atoms with van der Waals surface area (Å²) in [5.74, 6) is 1.20. The molecule has 0 aliphatic carbocycles. The molecular weight excluding hydrogens is 388 g/mol. The van der Waals surface area contributed by atoms with Gasteiger partial charge >= 0.3 is 0 Å². The Morgan fingerprint density at radius 2 is 1.47 bits per heavy atom. The molecule has 0 fully saturated rings. The van der Waals surface area contributed by atoms with E-state index in [0.717, 1.165) is 19.6 Å². The highest BCUT2D eigenvalue weighted by molar-refractivity contribution is 5.86. The van der Waals surface area contributed by atoms with Crippen molar-refractivity contribution in [1.82, 2.24) is 0 Å². The van der Waals surface area contributed by atoms with E-state index in [-0.39, 0.29) is 12.4 Å². The van der Waals surface area contributed by atoms with Crippen LogP contribution in [0.3, 0.4) is 0 Å². The van der Waals surface area contributed by atoms with Crippen molar-refractivity contribution in [3.63, 3.8) is 0 Å². The maximum atomic E-state index is 4.68. The summed E-state index contributed by atoms with van der Waals surface area (Å²) in [5, 5.41) is 0. The molecule has 3 heteroatoms. The lowest BCUT2D eigenvalue weighted by Crippen LogP contribution is -3.11. The molecule has 0 saturated carbocycles. The van der Waals surface area contributed by atoms with Gasteiger partial charge in [-0.3, -0.25) is 4.90 Å². The number of aliphatic imine (C=N–C) groups is 1. The summed E-state index contributed by atoms with van der Waals surface area (Å²) in [6.07, 6.45) is 25.6. The Morgan fingerprint density at radius 1 is 0.833 bits per heavy atom. The molecule has 1 aliphatic heterocycles. The SMILES string of the molecule is CCCCCCCCCCCCC/C=C/C=C/C1=NCC[NH+]1Cc1ccccc1.[Cl-]. The van der Waals surface area contributed by atoms with Crippen LogP contribution < -0.4 is 17.3 Å². The molecule has 0 spiro atoms. The Labute approximate surface area is 192 Å². The lowest BCUT2D eigenvalue weighted by Gasteiger charge is -2.12. The quantitative estimate of drug-likeness (QED) is 0.306. The van der Waals surface area contributed by atoms with E-state index < -0.39 is 0 Å². The van der Waals surface area contributed by atoms with Crippen LogP contribution in [0.4, 0.5) is 0 Å². The average molecular weight is 431 g/mol. The van der Waals surface area contributed by atoms with Gasteiger partial charge in [-0.1, -0.05) is 120 Å². The van der Waals surface area contributed by atoms with Crippen molar-refractivity contribution in [2.75, 3.05) is 13.1 Å². The zero-order valence-corrected chi connectivity index (χ0v) is 19.9. The minimum Gasteiger partial charge on any atom is -1.00 e.